The van der Waals surface area contributed by atoms with Gasteiger partial charge in [0.05, 0.1) is 29.5 Å². The van der Waals surface area contributed by atoms with Gasteiger partial charge in [-0.3, -0.25) is 10.1 Å². The molecule has 1 fully saturated rings. The van der Waals surface area contributed by atoms with Gasteiger partial charge in [0.25, 0.3) is 5.91 Å². The Morgan fingerprint density at radius 2 is 2.04 bits per heavy atom. The van der Waals surface area contributed by atoms with E-state index in [1.807, 2.05) is 5.38 Å². The second-order valence-electron chi connectivity index (χ2n) is 6.09. The first-order valence-electron chi connectivity index (χ1n) is 8.62. The van der Waals surface area contributed by atoms with Crippen LogP contribution in [0.15, 0.2) is 41.9 Å². The fraction of sp³-hybridized carbons (Fsp3) is 0.211. The normalized spacial score (nSPS) is 14.1. The molecule has 0 atom stereocenters. The zero-order valence-corrected chi connectivity index (χ0v) is 17.0. The van der Waals surface area contributed by atoms with E-state index in [1.165, 1.54) is 11.3 Å². The summed E-state index contributed by atoms with van der Waals surface area (Å²) < 4.78 is 5.38. The van der Waals surface area contributed by atoms with E-state index in [0.29, 0.717) is 58.6 Å². The molecule has 0 saturated carbocycles. The molecule has 1 amide bonds. The first kappa shape index (κ1) is 19.1. The van der Waals surface area contributed by atoms with Crippen molar-refractivity contribution < 1.29 is 9.53 Å². The number of morpholine rings is 1. The van der Waals surface area contributed by atoms with Crippen molar-refractivity contribution in [3.63, 3.8) is 0 Å². The zero-order valence-electron chi connectivity index (χ0n) is 14.7. The van der Waals surface area contributed by atoms with Gasteiger partial charge >= 0.3 is 0 Å². The molecule has 0 spiro atoms. The van der Waals surface area contributed by atoms with Crippen molar-refractivity contribution in [3.05, 3.63) is 57.5 Å². The third kappa shape index (κ3) is 4.12. The summed E-state index contributed by atoms with van der Waals surface area (Å²) in [4.78, 5) is 23.8. The van der Waals surface area contributed by atoms with Crippen LogP contribution in [0, 0.1) is 0 Å². The number of hydrogen-bond acceptors (Lipinski definition) is 6. The number of aromatic nitrogens is 2. The molecule has 0 aliphatic carbocycles. The number of ether oxygens (including phenoxy) is 1. The first-order valence-corrected chi connectivity index (χ1v) is 10.3. The van der Waals surface area contributed by atoms with Gasteiger partial charge in [-0.05, 0) is 30.3 Å². The summed E-state index contributed by atoms with van der Waals surface area (Å²) in [7, 11) is 0. The number of nitrogens with one attached hydrogen (secondary N) is 1. The average molecular weight is 435 g/mol. The van der Waals surface area contributed by atoms with Crippen LogP contribution < -0.4 is 10.2 Å². The van der Waals surface area contributed by atoms with Gasteiger partial charge in [-0.2, -0.15) is 0 Å². The van der Waals surface area contributed by atoms with Crippen LogP contribution in [0.3, 0.4) is 0 Å². The lowest BCUT2D eigenvalue weighted by Gasteiger charge is -2.29. The molecular formula is C19H16Cl2N4O2S. The van der Waals surface area contributed by atoms with Crippen LogP contribution in [0.25, 0.3) is 11.3 Å². The van der Waals surface area contributed by atoms with Crippen molar-refractivity contribution in [3.8, 4) is 11.3 Å². The molecule has 1 N–H and O–H groups in total. The number of benzene rings is 1. The largest absolute Gasteiger partial charge is 0.378 e. The Kier molecular flexibility index (Phi) is 5.77. The molecule has 1 aliphatic heterocycles. The Hall–Kier alpha value is -2.19. The lowest BCUT2D eigenvalue weighted by molar-refractivity contribution is 0.102. The molecule has 2 aromatic heterocycles. The zero-order chi connectivity index (χ0) is 19.5. The van der Waals surface area contributed by atoms with Gasteiger partial charge in [0.15, 0.2) is 5.13 Å². The Balaban J connectivity index is 1.55. The molecule has 0 bridgehead atoms. The quantitative estimate of drug-likeness (QED) is 0.649. The van der Waals surface area contributed by atoms with E-state index in [0.717, 1.165) is 5.56 Å². The van der Waals surface area contributed by atoms with Crippen molar-refractivity contribution in [2.45, 2.75) is 0 Å². The minimum Gasteiger partial charge on any atom is -0.378 e. The summed E-state index contributed by atoms with van der Waals surface area (Å²) in [5.41, 5.74) is 1.88. The van der Waals surface area contributed by atoms with E-state index < -0.39 is 0 Å². The number of carbonyl (C=O) groups excluding carboxylic acids is 1. The van der Waals surface area contributed by atoms with Gasteiger partial charge in [-0.1, -0.05) is 23.2 Å². The maximum atomic E-state index is 12.9. The summed E-state index contributed by atoms with van der Waals surface area (Å²) >= 11 is 13.6. The monoisotopic (exact) mass is 434 g/mol. The summed E-state index contributed by atoms with van der Waals surface area (Å²) in [6.07, 6.45) is 1.68. The Morgan fingerprint density at radius 3 is 2.86 bits per heavy atom. The topological polar surface area (TPSA) is 67.4 Å². The number of halogens is 2. The van der Waals surface area contributed by atoms with Crippen LogP contribution in [-0.2, 0) is 4.74 Å². The summed E-state index contributed by atoms with van der Waals surface area (Å²) in [6.45, 7) is 2.64. The minimum absolute atomic E-state index is 0.257. The van der Waals surface area contributed by atoms with Crippen molar-refractivity contribution in [2.24, 2.45) is 0 Å². The Morgan fingerprint density at radius 1 is 1.21 bits per heavy atom. The molecule has 1 aromatic carbocycles. The summed E-state index contributed by atoms with van der Waals surface area (Å²) in [6, 6.07) is 8.70. The molecule has 0 radical (unpaired) electrons. The molecule has 28 heavy (non-hydrogen) atoms. The molecule has 1 saturated heterocycles. The Labute approximate surface area is 176 Å². The smallest absolute Gasteiger partial charge is 0.261 e. The van der Waals surface area contributed by atoms with Gasteiger partial charge in [0.2, 0.25) is 0 Å². The highest BCUT2D eigenvalue weighted by molar-refractivity contribution is 7.14. The van der Waals surface area contributed by atoms with E-state index in [9.17, 15) is 4.79 Å². The average Bonchev–Trinajstić information content (AvgIpc) is 3.18. The van der Waals surface area contributed by atoms with Crippen molar-refractivity contribution >= 4 is 51.4 Å². The highest BCUT2D eigenvalue weighted by Crippen LogP contribution is 2.33. The van der Waals surface area contributed by atoms with E-state index in [4.69, 9.17) is 27.9 Å². The van der Waals surface area contributed by atoms with E-state index in [-0.39, 0.29) is 5.91 Å². The number of pyridine rings is 1. The van der Waals surface area contributed by atoms with Crippen LogP contribution in [0.4, 0.5) is 10.9 Å². The number of rotatable bonds is 4. The van der Waals surface area contributed by atoms with Crippen LogP contribution in [0.5, 0.6) is 0 Å². The maximum absolute atomic E-state index is 12.9. The number of amides is 1. The van der Waals surface area contributed by atoms with Gasteiger partial charge in [0, 0.05) is 35.3 Å². The molecule has 144 valence electrons. The molecule has 4 rings (SSSR count). The molecule has 6 nitrogen and oxygen atoms in total. The maximum Gasteiger partial charge on any atom is 0.261 e. The number of thiazole rings is 1. The highest BCUT2D eigenvalue weighted by Gasteiger charge is 2.21. The SMILES string of the molecule is O=C(Nc1nc(-c2cc(Cl)ccc2Cl)cs1)c1cccnc1N1CCOCC1. The molecule has 9 heteroatoms. The van der Waals surface area contributed by atoms with Crippen LogP contribution >= 0.6 is 34.5 Å². The standard InChI is InChI=1S/C19H16Cl2N4O2S/c20-12-3-4-15(21)14(10-12)16-11-28-19(23-16)24-18(26)13-2-1-5-22-17(13)25-6-8-27-9-7-25/h1-5,10-11H,6-9H2,(H,23,24,26). The predicted molar refractivity (Wildman–Crippen MR) is 113 cm³/mol. The van der Waals surface area contributed by atoms with Crippen molar-refractivity contribution in [1.29, 1.82) is 0 Å². The fourth-order valence-electron chi connectivity index (χ4n) is 2.91. The fourth-order valence-corrected chi connectivity index (χ4v) is 4.01. The van der Waals surface area contributed by atoms with E-state index >= 15 is 0 Å². The molecule has 1 aliphatic rings. The Bertz CT molecular complexity index is 1010. The van der Waals surface area contributed by atoms with Crippen LogP contribution in [0.1, 0.15) is 10.4 Å². The number of carbonyl (C=O) groups is 1. The highest BCUT2D eigenvalue weighted by atomic mass is 35.5. The molecule has 0 unspecified atom stereocenters. The van der Waals surface area contributed by atoms with Crippen LogP contribution in [-0.4, -0.2) is 42.2 Å². The lowest BCUT2D eigenvalue weighted by atomic mass is 10.2. The third-order valence-electron chi connectivity index (χ3n) is 4.27. The number of nitrogens with zero attached hydrogens (tertiary/aromatic N) is 3. The second kappa shape index (κ2) is 8.45. The predicted octanol–water partition coefficient (Wildman–Crippen LogP) is 4.60. The minimum atomic E-state index is -0.257. The third-order valence-corrected chi connectivity index (χ3v) is 5.59. The van der Waals surface area contributed by atoms with E-state index in [2.05, 4.69) is 20.2 Å². The second-order valence-corrected chi connectivity index (χ2v) is 7.79. The summed E-state index contributed by atoms with van der Waals surface area (Å²) in [5, 5.41) is 6.29. The van der Waals surface area contributed by atoms with E-state index in [1.54, 1.807) is 36.5 Å². The van der Waals surface area contributed by atoms with Gasteiger partial charge < -0.3 is 9.64 Å². The van der Waals surface area contributed by atoms with Gasteiger partial charge in [-0.15, -0.1) is 11.3 Å². The molecular weight excluding hydrogens is 419 g/mol. The van der Waals surface area contributed by atoms with Crippen LogP contribution in [0.2, 0.25) is 10.0 Å². The van der Waals surface area contributed by atoms with Gasteiger partial charge in [0.1, 0.15) is 5.82 Å². The number of hydrogen-bond donors (Lipinski definition) is 1. The lowest BCUT2D eigenvalue weighted by Crippen LogP contribution is -2.38. The first-order chi connectivity index (χ1) is 13.6. The molecule has 3 heterocycles. The number of anilines is 2. The van der Waals surface area contributed by atoms with Crippen molar-refractivity contribution in [2.75, 3.05) is 36.5 Å². The van der Waals surface area contributed by atoms with Gasteiger partial charge in [-0.25, -0.2) is 9.97 Å². The molecule has 3 aromatic rings. The van der Waals surface area contributed by atoms with Crippen molar-refractivity contribution in [1.82, 2.24) is 9.97 Å². The summed E-state index contributed by atoms with van der Waals surface area (Å²) in [5.74, 6) is 0.394.